The van der Waals surface area contributed by atoms with Crippen molar-refractivity contribution in [3.05, 3.63) is 58.2 Å². The van der Waals surface area contributed by atoms with Crippen molar-refractivity contribution in [3.63, 3.8) is 0 Å². The Hall–Kier alpha value is -1.78. The van der Waals surface area contributed by atoms with Crippen LogP contribution in [0.1, 0.15) is 0 Å². The number of ether oxygens (including phenoxy) is 1. The number of rotatable bonds is 2. The summed E-state index contributed by atoms with van der Waals surface area (Å²) in [4.78, 5) is 4.26. The Balaban J connectivity index is 2.04. The first-order valence-electron chi connectivity index (χ1n) is 5.91. The molecule has 20 heavy (non-hydrogen) atoms. The van der Waals surface area contributed by atoms with Gasteiger partial charge in [-0.3, -0.25) is 4.98 Å². The number of benzene rings is 2. The SMILES string of the molecule is Nc1c(Oc2ccc(Cl)cc2Br)ccc2ncccc12. The molecule has 1 heterocycles. The zero-order chi connectivity index (χ0) is 14.1. The third kappa shape index (κ3) is 2.44. The fourth-order valence-electron chi connectivity index (χ4n) is 1.92. The van der Waals surface area contributed by atoms with Crippen LogP contribution in [0.25, 0.3) is 10.9 Å². The van der Waals surface area contributed by atoms with Gasteiger partial charge >= 0.3 is 0 Å². The molecule has 0 amide bonds. The standard InChI is InChI=1S/C15H10BrClN2O/c16-11-8-9(17)3-5-13(11)20-14-6-4-12-10(15(14)18)2-1-7-19-12/h1-8H,18H2. The second-order valence-electron chi connectivity index (χ2n) is 4.22. The molecule has 0 saturated carbocycles. The second kappa shape index (κ2) is 5.31. The van der Waals surface area contributed by atoms with E-state index in [9.17, 15) is 0 Å². The molecule has 2 aromatic carbocycles. The van der Waals surface area contributed by atoms with E-state index in [0.29, 0.717) is 22.2 Å². The van der Waals surface area contributed by atoms with E-state index >= 15 is 0 Å². The number of pyridine rings is 1. The molecule has 0 aliphatic rings. The fraction of sp³-hybridized carbons (Fsp3) is 0. The van der Waals surface area contributed by atoms with Gasteiger partial charge in [0.1, 0.15) is 5.75 Å². The van der Waals surface area contributed by atoms with E-state index in [4.69, 9.17) is 22.1 Å². The van der Waals surface area contributed by atoms with Crippen LogP contribution in [-0.4, -0.2) is 4.98 Å². The van der Waals surface area contributed by atoms with Gasteiger partial charge in [0.2, 0.25) is 0 Å². The molecule has 0 radical (unpaired) electrons. The van der Waals surface area contributed by atoms with Crippen LogP contribution in [0.4, 0.5) is 5.69 Å². The number of fused-ring (bicyclic) bond motifs is 1. The van der Waals surface area contributed by atoms with Crippen molar-refractivity contribution in [2.45, 2.75) is 0 Å². The number of anilines is 1. The van der Waals surface area contributed by atoms with E-state index < -0.39 is 0 Å². The van der Waals surface area contributed by atoms with Crippen molar-refractivity contribution < 1.29 is 4.74 Å². The highest BCUT2D eigenvalue weighted by atomic mass is 79.9. The molecule has 0 unspecified atom stereocenters. The Bertz CT molecular complexity index is 792. The Labute approximate surface area is 129 Å². The number of nitrogen functional groups attached to an aromatic ring is 1. The van der Waals surface area contributed by atoms with Crippen molar-refractivity contribution in [2.24, 2.45) is 0 Å². The first-order valence-corrected chi connectivity index (χ1v) is 7.08. The van der Waals surface area contributed by atoms with Crippen molar-refractivity contribution in [1.29, 1.82) is 0 Å². The van der Waals surface area contributed by atoms with Crippen LogP contribution >= 0.6 is 27.5 Å². The highest BCUT2D eigenvalue weighted by Gasteiger charge is 2.09. The van der Waals surface area contributed by atoms with Gasteiger partial charge in [0.25, 0.3) is 0 Å². The largest absolute Gasteiger partial charge is 0.454 e. The minimum absolute atomic E-state index is 0.567. The molecule has 1 aromatic heterocycles. The molecule has 0 spiro atoms. The maximum Gasteiger partial charge on any atom is 0.151 e. The third-order valence-corrected chi connectivity index (χ3v) is 3.76. The summed E-state index contributed by atoms with van der Waals surface area (Å²) in [5.41, 5.74) is 7.55. The number of hydrogen-bond donors (Lipinski definition) is 1. The average molecular weight is 350 g/mol. The molecule has 0 aliphatic heterocycles. The summed E-state index contributed by atoms with van der Waals surface area (Å²) in [6, 6.07) is 12.8. The quantitative estimate of drug-likeness (QED) is 0.660. The number of halogens is 2. The van der Waals surface area contributed by atoms with E-state index in [0.717, 1.165) is 15.4 Å². The summed E-state index contributed by atoms with van der Waals surface area (Å²) < 4.78 is 6.62. The molecule has 0 bridgehead atoms. The Morgan fingerprint density at radius 1 is 1.10 bits per heavy atom. The molecular weight excluding hydrogens is 340 g/mol. The van der Waals surface area contributed by atoms with Gasteiger partial charge in [-0.15, -0.1) is 0 Å². The van der Waals surface area contributed by atoms with Crippen LogP contribution in [-0.2, 0) is 0 Å². The smallest absolute Gasteiger partial charge is 0.151 e. The van der Waals surface area contributed by atoms with Crippen LogP contribution < -0.4 is 10.5 Å². The van der Waals surface area contributed by atoms with Gasteiger partial charge in [0.05, 0.1) is 15.7 Å². The second-order valence-corrected chi connectivity index (χ2v) is 5.52. The number of nitrogens with two attached hydrogens (primary N) is 1. The average Bonchev–Trinajstić information content (AvgIpc) is 2.45. The summed E-state index contributed by atoms with van der Waals surface area (Å²) in [7, 11) is 0. The molecule has 0 aliphatic carbocycles. The van der Waals surface area contributed by atoms with Crippen molar-refractivity contribution >= 4 is 44.1 Å². The molecule has 0 saturated heterocycles. The topological polar surface area (TPSA) is 48.1 Å². The van der Waals surface area contributed by atoms with E-state index in [1.807, 2.05) is 24.3 Å². The van der Waals surface area contributed by atoms with E-state index in [1.54, 1.807) is 24.4 Å². The number of hydrogen-bond acceptors (Lipinski definition) is 3. The van der Waals surface area contributed by atoms with E-state index in [1.165, 1.54) is 0 Å². The lowest BCUT2D eigenvalue weighted by Gasteiger charge is -2.11. The van der Waals surface area contributed by atoms with Crippen molar-refractivity contribution in [2.75, 3.05) is 5.73 Å². The molecule has 0 atom stereocenters. The predicted octanol–water partition coefficient (Wildman–Crippen LogP) is 5.03. The number of aromatic nitrogens is 1. The molecule has 0 fully saturated rings. The lowest BCUT2D eigenvalue weighted by atomic mass is 10.1. The number of nitrogens with zero attached hydrogens (tertiary/aromatic N) is 1. The summed E-state index contributed by atoms with van der Waals surface area (Å²) in [5, 5.41) is 1.51. The lowest BCUT2D eigenvalue weighted by molar-refractivity contribution is 0.482. The minimum Gasteiger partial charge on any atom is -0.454 e. The van der Waals surface area contributed by atoms with Gasteiger partial charge in [-0.1, -0.05) is 11.6 Å². The first-order chi connectivity index (χ1) is 9.65. The minimum atomic E-state index is 0.567. The van der Waals surface area contributed by atoms with Crippen LogP contribution in [0.3, 0.4) is 0 Å². The third-order valence-electron chi connectivity index (χ3n) is 2.90. The molecule has 100 valence electrons. The summed E-state index contributed by atoms with van der Waals surface area (Å²) in [6.45, 7) is 0. The van der Waals surface area contributed by atoms with Gasteiger partial charge in [-0.2, -0.15) is 0 Å². The van der Waals surface area contributed by atoms with Crippen LogP contribution in [0.15, 0.2) is 53.1 Å². The summed E-state index contributed by atoms with van der Waals surface area (Å²) in [6.07, 6.45) is 1.73. The van der Waals surface area contributed by atoms with Gasteiger partial charge in [0.15, 0.2) is 5.75 Å². The van der Waals surface area contributed by atoms with Crippen LogP contribution in [0.5, 0.6) is 11.5 Å². The van der Waals surface area contributed by atoms with Crippen molar-refractivity contribution in [1.82, 2.24) is 4.98 Å². The van der Waals surface area contributed by atoms with Gasteiger partial charge < -0.3 is 10.5 Å². The lowest BCUT2D eigenvalue weighted by Crippen LogP contribution is -1.94. The van der Waals surface area contributed by atoms with Gasteiger partial charge in [0, 0.05) is 16.6 Å². The zero-order valence-electron chi connectivity index (χ0n) is 10.3. The van der Waals surface area contributed by atoms with Gasteiger partial charge in [-0.05, 0) is 58.4 Å². The maximum atomic E-state index is 6.14. The highest BCUT2D eigenvalue weighted by molar-refractivity contribution is 9.10. The Kier molecular flexibility index (Phi) is 3.51. The molecule has 5 heteroatoms. The fourth-order valence-corrected chi connectivity index (χ4v) is 2.68. The molecule has 3 nitrogen and oxygen atoms in total. The maximum absolute atomic E-state index is 6.14. The summed E-state index contributed by atoms with van der Waals surface area (Å²) in [5.74, 6) is 1.25. The Morgan fingerprint density at radius 2 is 1.90 bits per heavy atom. The predicted molar refractivity (Wildman–Crippen MR) is 85.4 cm³/mol. The van der Waals surface area contributed by atoms with Crippen LogP contribution in [0, 0.1) is 0 Å². The summed E-state index contributed by atoms with van der Waals surface area (Å²) >= 11 is 9.33. The first kappa shape index (κ1) is 13.2. The highest BCUT2D eigenvalue weighted by Crippen LogP contribution is 2.36. The molecule has 3 aromatic rings. The van der Waals surface area contributed by atoms with E-state index in [2.05, 4.69) is 20.9 Å². The van der Waals surface area contributed by atoms with E-state index in [-0.39, 0.29) is 0 Å². The van der Waals surface area contributed by atoms with Crippen molar-refractivity contribution in [3.8, 4) is 11.5 Å². The molecular formula is C15H10BrClN2O. The normalized spacial score (nSPS) is 10.7. The van der Waals surface area contributed by atoms with Crippen LogP contribution in [0.2, 0.25) is 5.02 Å². The Morgan fingerprint density at radius 3 is 2.70 bits per heavy atom. The molecule has 2 N–H and O–H groups in total. The molecule has 3 rings (SSSR count). The zero-order valence-corrected chi connectivity index (χ0v) is 12.6. The van der Waals surface area contributed by atoms with Gasteiger partial charge in [-0.25, -0.2) is 0 Å². The monoisotopic (exact) mass is 348 g/mol.